The van der Waals surface area contributed by atoms with Crippen LogP contribution in [0, 0.1) is 0 Å². The summed E-state index contributed by atoms with van der Waals surface area (Å²) in [6.07, 6.45) is 5.42. The van der Waals surface area contributed by atoms with Gasteiger partial charge >= 0.3 is 0 Å². The molecule has 0 radical (unpaired) electrons. The highest BCUT2D eigenvalue weighted by Crippen LogP contribution is 2.16. The largest absolute Gasteiger partial charge is 0.306 e. The molecule has 3 aromatic rings. The van der Waals surface area contributed by atoms with Gasteiger partial charge in [0.1, 0.15) is 16.5 Å². The van der Waals surface area contributed by atoms with E-state index >= 15 is 0 Å². The highest BCUT2D eigenvalue weighted by atomic mass is 35.5. The molecular formula is C11H7ClN4. The van der Waals surface area contributed by atoms with Crippen molar-refractivity contribution >= 4 is 17.2 Å². The summed E-state index contributed by atoms with van der Waals surface area (Å²) in [4.78, 5) is 12.7. The molecule has 0 aliphatic carbocycles. The average molecular weight is 231 g/mol. The van der Waals surface area contributed by atoms with Crippen LogP contribution in [0.25, 0.3) is 17.2 Å². The van der Waals surface area contributed by atoms with Crippen LogP contribution < -0.4 is 0 Å². The molecule has 16 heavy (non-hydrogen) atoms. The van der Waals surface area contributed by atoms with Crippen LogP contribution in [0.5, 0.6) is 0 Å². The summed E-state index contributed by atoms with van der Waals surface area (Å²) < 4.78 is 1.92. The molecule has 0 unspecified atom stereocenters. The van der Waals surface area contributed by atoms with E-state index in [1.165, 1.54) is 0 Å². The molecule has 3 heterocycles. The monoisotopic (exact) mass is 230 g/mol. The molecule has 0 saturated carbocycles. The number of pyridine rings is 1. The Labute approximate surface area is 96.6 Å². The van der Waals surface area contributed by atoms with Gasteiger partial charge in [-0.05, 0) is 18.2 Å². The molecule has 0 fully saturated rings. The zero-order valence-corrected chi connectivity index (χ0v) is 8.96. The van der Waals surface area contributed by atoms with Crippen molar-refractivity contribution in [2.24, 2.45) is 0 Å². The van der Waals surface area contributed by atoms with E-state index in [-0.39, 0.29) is 0 Å². The number of halogens is 1. The van der Waals surface area contributed by atoms with Gasteiger partial charge in [-0.3, -0.25) is 0 Å². The number of hydrogen-bond acceptors (Lipinski definition) is 3. The van der Waals surface area contributed by atoms with Crippen molar-refractivity contribution < 1.29 is 0 Å². The molecule has 0 spiro atoms. The van der Waals surface area contributed by atoms with Gasteiger partial charge in [0, 0.05) is 18.6 Å². The summed E-state index contributed by atoms with van der Waals surface area (Å²) in [6.45, 7) is 0. The second kappa shape index (κ2) is 3.57. The van der Waals surface area contributed by atoms with Crippen LogP contribution in [0.4, 0.5) is 0 Å². The topological polar surface area (TPSA) is 43.1 Å². The normalized spacial score (nSPS) is 10.8. The molecule has 0 aliphatic rings. The minimum Gasteiger partial charge on any atom is -0.306 e. The molecule has 0 amide bonds. The Bertz CT molecular complexity index is 614. The zero-order chi connectivity index (χ0) is 11.0. The number of aromatic nitrogens is 4. The Balaban J connectivity index is 2.19. The van der Waals surface area contributed by atoms with Crippen LogP contribution in [0.15, 0.2) is 42.9 Å². The lowest BCUT2D eigenvalue weighted by Crippen LogP contribution is -1.87. The maximum Gasteiger partial charge on any atom is 0.181 e. The van der Waals surface area contributed by atoms with E-state index in [1.807, 2.05) is 35.0 Å². The molecule has 0 aliphatic heterocycles. The van der Waals surface area contributed by atoms with Gasteiger partial charge < -0.3 is 4.40 Å². The summed E-state index contributed by atoms with van der Waals surface area (Å²) in [6, 6.07) is 7.44. The van der Waals surface area contributed by atoms with Gasteiger partial charge in [0.15, 0.2) is 5.82 Å². The van der Waals surface area contributed by atoms with E-state index in [1.54, 1.807) is 12.3 Å². The van der Waals surface area contributed by atoms with Gasteiger partial charge in [-0.15, -0.1) is 0 Å². The molecule has 5 heteroatoms. The van der Waals surface area contributed by atoms with Gasteiger partial charge in [0.05, 0.1) is 0 Å². The Morgan fingerprint density at radius 3 is 2.88 bits per heavy atom. The average Bonchev–Trinajstić information content (AvgIpc) is 2.72. The maximum atomic E-state index is 5.81. The van der Waals surface area contributed by atoms with E-state index in [0.717, 1.165) is 5.65 Å². The molecule has 0 aromatic carbocycles. The van der Waals surface area contributed by atoms with Crippen LogP contribution in [-0.4, -0.2) is 19.4 Å². The summed E-state index contributed by atoms with van der Waals surface area (Å²) >= 11 is 5.81. The van der Waals surface area contributed by atoms with Crippen molar-refractivity contribution in [3.63, 3.8) is 0 Å². The third-order valence-corrected chi connectivity index (χ3v) is 2.43. The third-order valence-electron chi connectivity index (χ3n) is 2.21. The fourth-order valence-corrected chi connectivity index (χ4v) is 1.64. The first-order chi connectivity index (χ1) is 7.83. The first kappa shape index (κ1) is 9.30. The molecule has 4 nitrogen and oxygen atoms in total. The molecule has 3 aromatic heterocycles. The van der Waals surface area contributed by atoms with Crippen molar-refractivity contribution in [1.29, 1.82) is 0 Å². The lowest BCUT2D eigenvalue weighted by atomic mass is 10.4. The molecular weight excluding hydrogens is 224 g/mol. The highest BCUT2D eigenvalue weighted by molar-refractivity contribution is 6.29. The Morgan fingerprint density at radius 1 is 1.12 bits per heavy atom. The molecule has 78 valence electrons. The molecule has 3 rings (SSSR count). The third kappa shape index (κ3) is 1.53. The van der Waals surface area contributed by atoms with Crippen LogP contribution in [0.1, 0.15) is 0 Å². The van der Waals surface area contributed by atoms with Crippen molar-refractivity contribution in [2.75, 3.05) is 0 Å². The minimum atomic E-state index is 0.419. The van der Waals surface area contributed by atoms with E-state index in [4.69, 9.17) is 11.6 Å². The quantitative estimate of drug-likeness (QED) is 0.603. The van der Waals surface area contributed by atoms with E-state index in [2.05, 4.69) is 15.0 Å². The van der Waals surface area contributed by atoms with E-state index < -0.39 is 0 Å². The summed E-state index contributed by atoms with van der Waals surface area (Å²) in [5.74, 6) is 0.538. The lowest BCUT2D eigenvalue weighted by Gasteiger charge is -1.93. The number of fused-ring (bicyclic) bond motifs is 1. The van der Waals surface area contributed by atoms with Gasteiger partial charge in [-0.25, -0.2) is 15.0 Å². The van der Waals surface area contributed by atoms with Crippen LogP contribution in [-0.2, 0) is 0 Å². The Morgan fingerprint density at radius 2 is 2.06 bits per heavy atom. The van der Waals surface area contributed by atoms with E-state index in [9.17, 15) is 0 Å². The minimum absolute atomic E-state index is 0.419. The number of nitrogens with zero attached hydrogens (tertiary/aromatic N) is 4. The van der Waals surface area contributed by atoms with Gasteiger partial charge in [-0.1, -0.05) is 17.7 Å². The number of imidazole rings is 1. The molecule has 0 saturated heterocycles. The molecule has 0 bridgehead atoms. The second-order valence-electron chi connectivity index (χ2n) is 3.30. The second-order valence-corrected chi connectivity index (χ2v) is 3.68. The SMILES string of the molecule is Clc1ccnc(-c2cn3ccccc3n2)n1. The van der Waals surface area contributed by atoms with Gasteiger partial charge in [0.25, 0.3) is 0 Å². The van der Waals surface area contributed by atoms with Crippen LogP contribution >= 0.6 is 11.6 Å². The summed E-state index contributed by atoms with van der Waals surface area (Å²) in [7, 11) is 0. The smallest absolute Gasteiger partial charge is 0.181 e. The zero-order valence-electron chi connectivity index (χ0n) is 8.21. The van der Waals surface area contributed by atoms with Crippen molar-refractivity contribution in [1.82, 2.24) is 19.4 Å². The lowest BCUT2D eigenvalue weighted by molar-refractivity contribution is 1.15. The first-order valence-electron chi connectivity index (χ1n) is 4.75. The molecule has 0 atom stereocenters. The van der Waals surface area contributed by atoms with Crippen LogP contribution in [0.3, 0.4) is 0 Å². The number of hydrogen-bond donors (Lipinski definition) is 0. The van der Waals surface area contributed by atoms with Crippen molar-refractivity contribution in [3.05, 3.63) is 48.0 Å². The van der Waals surface area contributed by atoms with Crippen LogP contribution in [0.2, 0.25) is 5.15 Å². The standard InChI is InChI=1S/C11H7ClN4/c12-9-4-5-13-11(15-9)8-7-16-6-2-1-3-10(16)14-8/h1-7H. The van der Waals surface area contributed by atoms with E-state index in [0.29, 0.717) is 16.7 Å². The predicted octanol–water partition coefficient (Wildman–Crippen LogP) is 2.44. The fraction of sp³-hybridized carbons (Fsp3) is 0. The Kier molecular flexibility index (Phi) is 2.08. The highest BCUT2D eigenvalue weighted by Gasteiger charge is 2.06. The van der Waals surface area contributed by atoms with Gasteiger partial charge in [-0.2, -0.15) is 0 Å². The van der Waals surface area contributed by atoms with Crippen molar-refractivity contribution in [2.45, 2.75) is 0 Å². The summed E-state index contributed by atoms with van der Waals surface area (Å²) in [5, 5.41) is 0.419. The molecule has 0 N–H and O–H groups in total. The summed E-state index contributed by atoms with van der Waals surface area (Å²) in [5.41, 5.74) is 1.58. The maximum absolute atomic E-state index is 5.81. The number of rotatable bonds is 1. The van der Waals surface area contributed by atoms with Gasteiger partial charge in [0.2, 0.25) is 0 Å². The first-order valence-corrected chi connectivity index (χ1v) is 5.13. The predicted molar refractivity (Wildman–Crippen MR) is 61.2 cm³/mol. The fourth-order valence-electron chi connectivity index (χ4n) is 1.50. The Hall–Kier alpha value is -1.94. The van der Waals surface area contributed by atoms with Crippen molar-refractivity contribution in [3.8, 4) is 11.5 Å².